The Bertz CT molecular complexity index is 219. The van der Waals surface area contributed by atoms with Crippen molar-refractivity contribution in [2.24, 2.45) is 11.7 Å². The van der Waals surface area contributed by atoms with Gasteiger partial charge in [-0.25, -0.2) is 4.79 Å². The van der Waals surface area contributed by atoms with Gasteiger partial charge >= 0.3 is 5.97 Å². The molecule has 0 radical (unpaired) electrons. The van der Waals surface area contributed by atoms with Gasteiger partial charge in [-0.15, -0.1) is 12.4 Å². The van der Waals surface area contributed by atoms with Gasteiger partial charge in [-0.2, -0.15) is 0 Å². The lowest BCUT2D eigenvalue weighted by molar-refractivity contribution is -0.146. The monoisotopic (exact) mass is 238 g/mol. The minimum atomic E-state index is -0.626. The Labute approximate surface area is 96.1 Å². The number of carbonyl (C=O) groups excluding carboxylic acids is 2. The van der Waals surface area contributed by atoms with Crippen molar-refractivity contribution in [2.45, 2.75) is 32.9 Å². The molecule has 0 aliphatic heterocycles. The summed E-state index contributed by atoms with van der Waals surface area (Å²) in [5, 5.41) is 2.53. The van der Waals surface area contributed by atoms with E-state index in [0.29, 0.717) is 0 Å². The van der Waals surface area contributed by atoms with E-state index in [1.165, 1.54) is 7.11 Å². The summed E-state index contributed by atoms with van der Waals surface area (Å²) in [5.74, 6) is -0.826. The van der Waals surface area contributed by atoms with E-state index in [0.717, 1.165) is 0 Å². The average Bonchev–Trinajstić information content (AvgIpc) is 2.11. The van der Waals surface area contributed by atoms with Gasteiger partial charge in [0.15, 0.2) is 0 Å². The van der Waals surface area contributed by atoms with Crippen molar-refractivity contribution in [1.82, 2.24) is 5.32 Å². The Morgan fingerprint density at radius 1 is 1.27 bits per heavy atom. The standard InChI is InChI=1S/C9H18N2O3.ClH/c1-5(2)7(9(13)14-4)11-8(12)6(3)10;/h5-7H,10H2,1-4H3,(H,11,12);1H/t6-,7-;/m0./s1. The molecule has 0 spiro atoms. The molecule has 0 aromatic heterocycles. The van der Waals surface area contributed by atoms with Crippen LogP contribution in [0.4, 0.5) is 0 Å². The third kappa shape index (κ3) is 5.59. The summed E-state index contributed by atoms with van der Waals surface area (Å²) >= 11 is 0. The average molecular weight is 239 g/mol. The number of esters is 1. The van der Waals surface area contributed by atoms with Crippen molar-refractivity contribution in [3.63, 3.8) is 0 Å². The molecular weight excluding hydrogens is 220 g/mol. The van der Waals surface area contributed by atoms with Crippen LogP contribution >= 0.6 is 12.4 Å². The Kier molecular flexibility index (Phi) is 8.28. The van der Waals surface area contributed by atoms with Crippen molar-refractivity contribution in [1.29, 1.82) is 0 Å². The lowest BCUT2D eigenvalue weighted by Crippen LogP contribution is -2.50. The second kappa shape index (κ2) is 7.48. The normalized spacial score (nSPS) is 13.7. The number of rotatable bonds is 4. The highest BCUT2D eigenvalue weighted by Crippen LogP contribution is 2.03. The van der Waals surface area contributed by atoms with Gasteiger partial charge in [0.2, 0.25) is 5.91 Å². The zero-order valence-corrected chi connectivity index (χ0v) is 10.3. The van der Waals surface area contributed by atoms with Crippen LogP contribution < -0.4 is 11.1 Å². The van der Waals surface area contributed by atoms with Gasteiger partial charge in [0.1, 0.15) is 6.04 Å². The molecule has 0 aliphatic rings. The number of amides is 1. The molecule has 0 heterocycles. The van der Waals surface area contributed by atoms with Gasteiger partial charge in [-0.1, -0.05) is 13.8 Å². The number of methoxy groups -OCH3 is 1. The molecule has 15 heavy (non-hydrogen) atoms. The van der Waals surface area contributed by atoms with Crippen molar-refractivity contribution < 1.29 is 14.3 Å². The first kappa shape index (κ1) is 16.6. The molecule has 0 aromatic carbocycles. The van der Waals surface area contributed by atoms with E-state index in [9.17, 15) is 9.59 Å². The van der Waals surface area contributed by atoms with Gasteiger partial charge in [0, 0.05) is 0 Å². The molecule has 6 heteroatoms. The zero-order chi connectivity index (χ0) is 11.3. The Morgan fingerprint density at radius 2 is 1.73 bits per heavy atom. The van der Waals surface area contributed by atoms with E-state index in [-0.39, 0.29) is 24.2 Å². The maximum Gasteiger partial charge on any atom is 0.328 e. The molecule has 3 N–H and O–H groups in total. The van der Waals surface area contributed by atoms with E-state index < -0.39 is 18.1 Å². The predicted molar refractivity (Wildman–Crippen MR) is 59.7 cm³/mol. The predicted octanol–water partition coefficient (Wildman–Crippen LogP) is 0.0692. The Balaban J connectivity index is 0. The third-order valence-corrected chi connectivity index (χ3v) is 1.83. The number of carbonyl (C=O) groups is 2. The summed E-state index contributed by atoms with van der Waals surface area (Å²) in [6.45, 7) is 5.20. The number of hydrogen-bond donors (Lipinski definition) is 2. The van der Waals surface area contributed by atoms with Crippen LogP contribution in [0, 0.1) is 5.92 Å². The summed E-state index contributed by atoms with van der Waals surface area (Å²) in [7, 11) is 1.29. The van der Waals surface area contributed by atoms with Gasteiger partial charge < -0.3 is 15.8 Å². The molecule has 0 unspecified atom stereocenters. The smallest absolute Gasteiger partial charge is 0.328 e. The fraction of sp³-hybridized carbons (Fsp3) is 0.778. The minimum absolute atomic E-state index is 0. The first-order valence-electron chi connectivity index (χ1n) is 4.54. The summed E-state index contributed by atoms with van der Waals surface area (Å²) in [5.41, 5.74) is 5.36. The number of nitrogens with two attached hydrogens (primary N) is 1. The molecule has 0 bridgehead atoms. The van der Waals surface area contributed by atoms with E-state index in [1.54, 1.807) is 6.92 Å². The second-order valence-electron chi connectivity index (χ2n) is 3.54. The maximum atomic E-state index is 11.2. The highest BCUT2D eigenvalue weighted by molar-refractivity contribution is 5.87. The van der Waals surface area contributed by atoms with Crippen LogP contribution in [-0.2, 0) is 14.3 Å². The van der Waals surface area contributed by atoms with Crippen molar-refractivity contribution >= 4 is 24.3 Å². The first-order chi connectivity index (χ1) is 6.40. The summed E-state index contributed by atoms with van der Waals surface area (Å²) in [6.07, 6.45) is 0. The summed E-state index contributed by atoms with van der Waals surface area (Å²) < 4.78 is 4.56. The highest BCUT2D eigenvalue weighted by Gasteiger charge is 2.25. The molecule has 0 saturated carbocycles. The summed E-state index contributed by atoms with van der Waals surface area (Å²) in [6, 6.07) is -1.25. The fourth-order valence-corrected chi connectivity index (χ4v) is 0.909. The van der Waals surface area contributed by atoms with Crippen LogP contribution in [-0.4, -0.2) is 31.1 Å². The number of halogens is 1. The molecule has 0 rings (SSSR count). The quantitative estimate of drug-likeness (QED) is 0.679. The zero-order valence-electron chi connectivity index (χ0n) is 9.44. The fourth-order valence-electron chi connectivity index (χ4n) is 0.909. The molecule has 0 fully saturated rings. The van der Waals surface area contributed by atoms with E-state index in [4.69, 9.17) is 5.73 Å². The van der Waals surface area contributed by atoms with E-state index in [1.807, 2.05) is 13.8 Å². The number of hydrogen-bond acceptors (Lipinski definition) is 4. The molecule has 0 saturated heterocycles. The Morgan fingerprint density at radius 3 is 2.00 bits per heavy atom. The number of ether oxygens (including phenoxy) is 1. The second-order valence-corrected chi connectivity index (χ2v) is 3.54. The molecular formula is C9H19ClN2O3. The Hall–Kier alpha value is -0.810. The van der Waals surface area contributed by atoms with Gasteiger partial charge in [0.25, 0.3) is 0 Å². The van der Waals surface area contributed by atoms with E-state index in [2.05, 4.69) is 10.1 Å². The molecule has 1 amide bonds. The van der Waals surface area contributed by atoms with Gasteiger partial charge in [-0.05, 0) is 12.8 Å². The van der Waals surface area contributed by atoms with Crippen molar-refractivity contribution in [2.75, 3.05) is 7.11 Å². The highest BCUT2D eigenvalue weighted by atomic mass is 35.5. The van der Waals surface area contributed by atoms with Crippen molar-refractivity contribution in [3.8, 4) is 0 Å². The molecule has 5 nitrogen and oxygen atoms in total. The molecule has 0 aromatic rings. The van der Waals surface area contributed by atoms with Crippen LogP contribution in [0.15, 0.2) is 0 Å². The van der Waals surface area contributed by atoms with E-state index >= 15 is 0 Å². The molecule has 90 valence electrons. The van der Waals surface area contributed by atoms with Crippen LogP contribution in [0.2, 0.25) is 0 Å². The molecule has 2 atom stereocenters. The lowest BCUT2D eigenvalue weighted by atomic mass is 10.0. The number of nitrogens with one attached hydrogen (secondary N) is 1. The maximum absolute atomic E-state index is 11.2. The molecule has 0 aliphatic carbocycles. The largest absolute Gasteiger partial charge is 0.467 e. The van der Waals surface area contributed by atoms with Crippen molar-refractivity contribution in [3.05, 3.63) is 0 Å². The topological polar surface area (TPSA) is 81.4 Å². The lowest BCUT2D eigenvalue weighted by Gasteiger charge is -2.20. The van der Waals surface area contributed by atoms with Crippen LogP contribution in [0.25, 0.3) is 0 Å². The van der Waals surface area contributed by atoms with Crippen LogP contribution in [0.5, 0.6) is 0 Å². The van der Waals surface area contributed by atoms with Gasteiger partial charge in [0.05, 0.1) is 13.2 Å². The van der Waals surface area contributed by atoms with Gasteiger partial charge in [-0.3, -0.25) is 4.79 Å². The van der Waals surface area contributed by atoms with Crippen LogP contribution in [0.3, 0.4) is 0 Å². The minimum Gasteiger partial charge on any atom is -0.467 e. The first-order valence-corrected chi connectivity index (χ1v) is 4.54. The summed E-state index contributed by atoms with van der Waals surface area (Å²) in [4.78, 5) is 22.5. The SMILES string of the molecule is COC(=O)[C@@H](NC(=O)[C@H](C)N)C(C)C.Cl. The van der Waals surface area contributed by atoms with Crippen LogP contribution in [0.1, 0.15) is 20.8 Å². The third-order valence-electron chi connectivity index (χ3n) is 1.83.